The first-order valence-corrected chi connectivity index (χ1v) is 7.59. The molecule has 0 saturated carbocycles. The number of carbonyl (C=O) groups excluding carboxylic acids is 2. The molecule has 0 bridgehead atoms. The molecule has 0 spiro atoms. The summed E-state index contributed by atoms with van der Waals surface area (Å²) in [6.07, 6.45) is 0.367. The second-order valence-electron chi connectivity index (χ2n) is 6.23. The Morgan fingerprint density at radius 1 is 1.17 bits per heavy atom. The van der Waals surface area contributed by atoms with Gasteiger partial charge in [0, 0.05) is 12.1 Å². The van der Waals surface area contributed by atoms with Crippen LogP contribution in [0.15, 0.2) is 42.5 Å². The van der Waals surface area contributed by atoms with Gasteiger partial charge in [0.25, 0.3) is 5.91 Å². The van der Waals surface area contributed by atoms with Crippen molar-refractivity contribution in [2.45, 2.75) is 32.8 Å². The predicted molar refractivity (Wildman–Crippen MR) is 88.5 cm³/mol. The Balaban J connectivity index is 1.88. The molecule has 23 heavy (non-hydrogen) atoms. The van der Waals surface area contributed by atoms with Gasteiger partial charge in [0.2, 0.25) is 0 Å². The SMILES string of the molecule is Cc1ccc(C)c(NC(=O)[C@]2(C)Cc3ccccc3C(=O)O2)c1. The van der Waals surface area contributed by atoms with Crippen molar-refractivity contribution in [1.29, 1.82) is 0 Å². The van der Waals surface area contributed by atoms with Crippen LogP contribution in [-0.4, -0.2) is 17.5 Å². The van der Waals surface area contributed by atoms with Crippen LogP contribution in [-0.2, 0) is 16.0 Å². The van der Waals surface area contributed by atoms with Crippen LogP contribution in [0, 0.1) is 13.8 Å². The number of benzene rings is 2. The number of nitrogens with one attached hydrogen (secondary N) is 1. The molecule has 0 fully saturated rings. The highest BCUT2D eigenvalue weighted by molar-refractivity contribution is 6.02. The lowest BCUT2D eigenvalue weighted by Gasteiger charge is -2.33. The Morgan fingerprint density at radius 2 is 1.91 bits per heavy atom. The minimum absolute atomic E-state index is 0.311. The summed E-state index contributed by atoms with van der Waals surface area (Å²) < 4.78 is 5.45. The number of anilines is 1. The van der Waals surface area contributed by atoms with Gasteiger partial charge in [-0.1, -0.05) is 30.3 Å². The lowest BCUT2D eigenvalue weighted by atomic mass is 9.89. The lowest BCUT2D eigenvalue weighted by Crippen LogP contribution is -2.49. The molecular formula is C19H19NO3. The molecule has 0 aliphatic carbocycles. The number of hydrogen-bond donors (Lipinski definition) is 1. The van der Waals surface area contributed by atoms with Gasteiger partial charge in [-0.3, -0.25) is 4.79 Å². The zero-order chi connectivity index (χ0) is 16.6. The van der Waals surface area contributed by atoms with Crippen molar-refractivity contribution in [2.24, 2.45) is 0 Å². The van der Waals surface area contributed by atoms with Crippen LogP contribution in [0.2, 0.25) is 0 Å². The Kier molecular flexibility index (Phi) is 3.68. The number of hydrogen-bond acceptors (Lipinski definition) is 3. The Bertz CT molecular complexity index is 797. The number of fused-ring (bicyclic) bond motifs is 1. The van der Waals surface area contributed by atoms with E-state index in [4.69, 9.17) is 4.74 Å². The van der Waals surface area contributed by atoms with Crippen molar-refractivity contribution in [1.82, 2.24) is 0 Å². The van der Waals surface area contributed by atoms with Crippen molar-refractivity contribution in [3.05, 3.63) is 64.7 Å². The quantitative estimate of drug-likeness (QED) is 0.865. The molecular weight excluding hydrogens is 290 g/mol. The summed E-state index contributed by atoms with van der Waals surface area (Å²) in [4.78, 5) is 24.9. The molecule has 1 N–H and O–H groups in total. The fraction of sp³-hybridized carbons (Fsp3) is 0.263. The number of cyclic esters (lactones) is 1. The van der Waals surface area contributed by atoms with Crippen molar-refractivity contribution in [3.8, 4) is 0 Å². The van der Waals surface area contributed by atoms with Crippen LogP contribution in [0.25, 0.3) is 0 Å². The van der Waals surface area contributed by atoms with E-state index in [0.29, 0.717) is 12.0 Å². The van der Waals surface area contributed by atoms with Gasteiger partial charge in [0.1, 0.15) is 0 Å². The highest BCUT2D eigenvalue weighted by Gasteiger charge is 2.42. The van der Waals surface area contributed by atoms with E-state index in [1.165, 1.54) is 0 Å². The zero-order valence-electron chi connectivity index (χ0n) is 13.5. The van der Waals surface area contributed by atoms with E-state index in [0.717, 1.165) is 22.4 Å². The third-order valence-corrected chi connectivity index (χ3v) is 4.20. The van der Waals surface area contributed by atoms with Gasteiger partial charge in [-0.05, 0) is 49.6 Å². The fourth-order valence-electron chi connectivity index (χ4n) is 2.78. The minimum Gasteiger partial charge on any atom is -0.445 e. The number of rotatable bonds is 2. The first-order chi connectivity index (χ1) is 10.9. The van der Waals surface area contributed by atoms with E-state index in [1.54, 1.807) is 19.1 Å². The smallest absolute Gasteiger partial charge is 0.339 e. The van der Waals surface area contributed by atoms with Crippen LogP contribution in [0.1, 0.15) is 34.0 Å². The molecule has 2 aromatic carbocycles. The third-order valence-electron chi connectivity index (χ3n) is 4.20. The van der Waals surface area contributed by atoms with Crippen molar-refractivity contribution in [2.75, 3.05) is 5.32 Å². The molecule has 4 heteroatoms. The summed E-state index contributed by atoms with van der Waals surface area (Å²) in [6.45, 7) is 5.55. The summed E-state index contributed by atoms with van der Waals surface area (Å²) >= 11 is 0. The largest absolute Gasteiger partial charge is 0.445 e. The van der Waals surface area contributed by atoms with E-state index in [2.05, 4.69) is 5.32 Å². The number of carbonyl (C=O) groups is 2. The van der Waals surface area contributed by atoms with E-state index < -0.39 is 11.6 Å². The summed E-state index contributed by atoms with van der Waals surface area (Å²) in [5.74, 6) is -0.764. The predicted octanol–water partition coefficient (Wildman–Crippen LogP) is 3.41. The maximum absolute atomic E-state index is 12.7. The maximum Gasteiger partial charge on any atom is 0.339 e. The average molecular weight is 309 g/mol. The second-order valence-corrected chi connectivity index (χ2v) is 6.23. The summed E-state index contributed by atoms with van der Waals surface area (Å²) in [7, 11) is 0. The van der Waals surface area contributed by atoms with Gasteiger partial charge in [-0.2, -0.15) is 0 Å². The van der Waals surface area contributed by atoms with Gasteiger partial charge in [-0.15, -0.1) is 0 Å². The molecule has 1 aliphatic rings. The van der Waals surface area contributed by atoms with Crippen LogP contribution in [0.4, 0.5) is 5.69 Å². The molecule has 1 atom stereocenters. The Hall–Kier alpha value is -2.62. The minimum atomic E-state index is -1.21. The summed E-state index contributed by atoms with van der Waals surface area (Å²) in [5.41, 5.74) is 2.93. The number of esters is 1. The third kappa shape index (κ3) is 2.84. The average Bonchev–Trinajstić information content (AvgIpc) is 2.51. The highest BCUT2D eigenvalue weighted by atomic mass is 16.6. The maximum atomic E-state index is 12.7. The highest BCUT2D eigenvalue weighted by Crippen LogP contribution is 2.29. The summed E-state index contributed by atoms with van der Waals surface area (Å²) in [5, 5.41) is 2.90. The van der Waals surface area contributed by atoms with Gasteiger partial charge in [-0.25, -0.2) is 4.79 Å². The standard InChI is InChI=1S/C19H19NO3/c1-12-8-9-13(2)16(10-12)20-18(22)19(3)11-14-6-4-5-7-15(14)17(21)23-19/h4-10H,11H2,1-3H3,(H,20,22)/t19-/m0/s1. The molecule has 118 valence electrons. The number of ether oxygens (including phenoxy) is 1. The van der Waals surface area contributed by atoms with E-state index in [-0.39, 0.29) is 5.91 Å². The molecule has 0 saturated heterocycles. The molecule has 0 aromatic heterocycles. The van der Waals surface area contributed by atoms with Crippen molar-refractivity contribution >= 4 is 17.6 Å². The van der Waals surface area contributed by atoms with Crippen molar-refractivity contribution in [3.63, 3.8) is 0 Å². The molecule has 0 unspecified atom stereocenters. The number of aryl methyl sites for hydroxylation is 2. The molecule has 3 rings (SSSR count). The van der Waals surface area contributed by atoms with Crippen LogP contribution in [0.3, 0.4) is 0 Å². The second kappa shape index (κ2) is 5.54. The van der Waals surface area contributed by atoms with Gasteiger partial charge in [0.05, 0.1) is 5.56 Å². The summed E-state index contributed by atoms with van der Waals surface area (Å²) in [6, 6.07) is 13.1. The Morgan fingerprint density at radius 3 is 2.70 bits per heavy atom. The fourth-order valence-corrected chi connectivity index (χ4v) is 2.78. The van der Waals surface area contributed by atoms with Crippen molar-refractivity contribution < 1.29 is 14.3 Å². The van der Waals surface area contributed by atoms with Gasteiger partial charge >= 0.3 is 5.97 Å². The molecule has 0 radical (unpaired) electrons. The molecule has 1 heterocycles. The normalized spacial score (nSPS) is 19.7. The monoisotopic (exact) mass is 309 g/mol. The zero-order valence-corrected chi connectivity index (χ0v) is 13.5. The van der Waals surface area contributed by atoms with Crippen LogP contribution in [0.5, 0.6) is 0 Å². The lowest BCUT2D eigenvalue weighted by molar-refractivity contribution is -0.134. The Labute approximate surface area is 135 Å². The molecule has 1 aliphatic heterocycles. The first-order valence-electron chi connectivity index (χ1n) is 7.59. The topological polar surface area (TPSA) is 55.4 Å². The van der Waals surface area contributed by atoms with Crippen LogP contribution < -0.4 is 5.32 Å². The molecule has 1 amide bonds. The van der Waals surface area contributed by atoms with E-state index in [1.807, 2.05) is 44.2 Å². The van der Waals surface area contributed by atoms with E-state index in [9.17, 15) is 9.59 Å². The first kappa shape index (κ1) is 15.3. The molecule has 4 nitrogen and oxygen atoms in total. The van der Waals surface area contributed by atoms with Gasteiger partial charge < -0.3 is 10.1 Å². The van der Waals surface area contributed by atoms with Gasteiger partial charge in [0.15, 0.2) is 5.60 Å². The number of amides is 1. The molecule has 2 aromatic rings. The van der Waals surface area contributed by atoms with E-state index >= 15 is 0 Å². The van der Waals surface area contributed by atoms with Crippen LogP contribution >= 0.6 is 0 Å².